The molecule has 1 N–H and O–H groups in total. The lowest BCUT2D eigenvalue weighted by atomic mass is 10.00. The average molecular weight is 288 g/mol. The summed E-state index contributed by atoms with van der Waals surface area (Å²) in [5, 5.41) is 2.72. The number of hydrogen-bond donors (Lipinski definition) is 1. The summed E-state index contributed by atoms with van der Waals surface area (Å²) < 4.78 is 0. The fraction of sp³-hybridized carbons (Fsp3) is 0.529. The van der Waals surface area contributed by atoms with Gasteiger partial charge >= 0.3 is 0 Å². The van der Waals surface area contributed by atoms with Crippen molar-refractivity contribution in [2.45, 2.75) is 38.6 Å². The highest BCUT2D eigenvalue weighted by molar-refractivity contribution is 5.96. The van der Waals surface area contributed by atoms with Crippen molar-refractivity contribution in [3.05, 3.63) is 35.4 Å². The minimum absolute atomic E-state index is 0.0671. The molecule has 1 heterocycles. The van der Waals surface area contributed by atoms with Crippen LogP contribution in [0.3, 0.4) is 0 Å². The maximum Gasteiger partial charge on any atom is 0.237 e. The van der Waals surface area contributed by atoms with Gasteiger partial charge in [0.05, 0.1) is 6.04 Å². The average Bonchev–Trinajstić information content (AvgIpc) is 2.52. The van der Waals surface area contributed by atoms with Crippen LogP contribution in [0.15, 0.2) is 24.3 Å². The number of piperidine rings is 1. The summed E-state index contributed by atoms with van der Waals surface area (Å²) in [5.41, 5.74) is 1.91. The first-order valence-corrected chi connectivity index (χ1v) is 7.67. The Balaban J connectivity index is 1.92. The summed E-state index contributed by atoms with van der Waals surface area (Å²) in [6.45, 7) is 3.57. The van der Waals surface area contributed by atoms with Crippen LogP contribution in [-0.4, -0.2) is 42.8 Å². The fourth-order valence-electron chi connectivity index (χ4n) is 2.85. The van der Waals surface area contributed by atoms with E-state index in [0.717, 1.165) is 36.9 Å². The molecule has 0 aromatic heterocycles. The van der Waals surface area contributed by atoms with Crippen LogP contribution in [0.5, 0.6) is 0 Å². The van der Waals surface area contributed by atoms with Crippen molar-refractivity contribution in [3.63, 3.8) is 0 Å². The molecule has 114 valence electrons. The number of carbonyl (C=O) groups excluding carboxylic acids is 2. The number of ketones is 1. The van der Waals surface area contributed by atoms with Crippen molar-refractivity contribution in [1.82, 2.24) is 10.2 Å². The number of nitrogens with zero attached hydrogens (tertiary/aromatic N) is 1. The molecule has 0 aliphatic carbocycles. The molecule has 4 nitrogen and oxygen atoms in total. The monoisotopic (exact) mass is 288 g/mol. The largest absolute Gasteiger partial charge is 0.358 e. The minimum Gasteiger partial charge on any atom is -0.358 e. The van der Waals surface area contributed by atoms with Gasteiger partial charge in [-0.05, 0) is 26.3 Å². The molecule has 0 bridgehead atoms. The van der Waals surface area contributed by atoms with E-state index in [-0.39, 0.29) is 17.7 Å². The molecule has 0 radical (unpaired) electrons. The van der Waals surface area contributed by atoms with Crippen molar-refractivity contribution >= 4 is 11.7 Å². The predicted octanol–water partition coefficient (Wildman–Crippen LogP) is 2.17. The van der Waals surface area contributed by atoms with E-state index in [4.69, 9.17) is 0 Å². The van der Waals surface area contributed by atoms with Gasteiger partial charge in [0.25, 0.3) is 0 Å². The predicted molar refractivity (Wildman–Crippen MR) is 83.4 cm³/mol. The smallest absolute Gasteiger partial charge is 0.237 e. The van der Waals surface area contributed by atoms with Gasteiger partial charge in [0.2, 0.25) is 5.91 Å². The van der Waals surface area contributed by atoms with Crippen LogP contribution in [-0.2, 0) is 4.79 Å². The number of hydrogen-bond acceptors (Lipinski definition) is 3. The van der Waals surface area contributed by atoms with Crippen LogP contribution in [0.4, 0.5) is 0 Å². The van der Waals surface area contributed by atoms with Crippen molar-refractivity contribution < 1.29 is 9.59 Å². The van der Waals surface area contributed by atoms with Crippen LogP contribution >= 0.6 is 0 Å². The van der Waals surface area contributed by atoms with Gasteiger partial charge in [0.15, 0.2) is 5.78 Å². The van der Waals surface area contributed by atoms with Crippen molar-refractivity contribution in [2.75, 3.05) is 20.1 Å². The Labute approximate surface area is 126 Å². The lowest BCUT2D eigenvalue weighted by Gasteiger charge is -2.34. The van der Waals surface area contributed by atoms with Gasteiger partial charge in [-0.3, -0.25) is 14.5 Å². The summed E-state index contributed by atoms with van der Waals surface area (Å²) in [7, 11) is 1.67. The molecule has 0 saturated carbocycles. The van der Waals surface area contributed by atoms with Gasteiger partial charge < -0.3 is 5.32 Å². The van der Waals surface area contributed by atoms with E-state index >= 15 is 0 Å². The number of rotatable bonds is 5. The van der Waals surface area contributed by atoms with Gasteiger partial charge in [-0.15, -0.1) is 0 Å². The topological polar surface area (TPSA) is 49.4 Å². The molecule has 1 fully saturated rings. The molecule has 2 rings (SSSR count). The van der Waals surface area contributed by atoms with Gasteiger partial charge in [-0.25, -0.2) is 0 Å². The number of likely N-dealkylation sites (tertiary alicyclic amines) is 1. The summed E-state index contributed by atoms with van der Waals surface area (Å²) in [4.78, 5) is 26.3. The first-order valence-electron chi connectivity index (χ1n) is 7.67. The van der Waals surface area contributed by atoms with E-state index in [0.29, 0.717) is 13.0 Å². The zero-order valence-electron chi connectivity index (χ0n) is 12.9. The lowest BCUT2D eigenvalue weighted by molar-refractivity contribution is -0.127. The summed E-state index contributed by atoms with van der Waals surface area (Å²) in [5.74, 6) is 0.216. The maximum atomic E-state index is 12.2. The van der Waals surface area contributed by atoms with E-state index in [1.165, 1.54) is 0 Å². The van der Waals surface area contributed by atoms with E-state index < -0.39 is 0 Å². The number of amides is 1. The minimum atomic E-state index is -0.0745. The molecule has 1 saturated heterocycles. The summed E-state index contributed by atoms with van der Waals surface area (Å²) in [6, 6.07) is 7.60. The van der Waals surface area contributed by atoms with Gasteiger partial charge in [0.1, 0.15) is 0 Å². The molecule has 1 aliphatic rings. The second-order valence-corrected chi connectivity index (χ2v) is 5.70. The van der Waals surface area contributed by atoms with Crippen LogP contribution in [0.2, 0.25) is 0 Å². The molecule has 1 amide bonds. The number of benzene rings is 1. The quantitative estimate of drug-likeness (QED) is 0.845. The second-order valence-electron chi connectivity index (χ2n) is 5.70. The number of nitrogens with one attached hydrogen (secondary N) is 1. The van der Waals surface area contributed by atoms with Crippen LogP contribution in [0.25, 0.3) is 0 Å². The van der Waals surface area contributed by atoms with Gasteiger partial charge in [0, 0.05) is 25.6 Å². The van der Waals surface area contributed by atoms with E-state index in [9.17, 15) is 9.59 Å². The molecule has 0 spiro atoms. The number of likely N-dealkylation sites (N-methyl/N-ethyl adjacent to an activating group) is 1. The normalized spacial score (nSPS) is 19.2. The van der Waals surface area contributed by atoms with Crippen LogP contribution in [0, 0.1) is 6.92 Å². The molecule has 1 unspecified atom stereocenters. The third-order valence-electron chi connectivity index (χ3n) is 4.16. The van der Waals surface area contributed by atoms with Gasteiger partial charge in [-0.2, -0.15) is 0 Å². The SMILES string of the molecule is CNC(=O)C1CCCCN1CCC(=O)c1ccc(C)cc1. The molecule has 1 aromatic carbocycles. The Morgan fingerprint density at radius 3 is 2.62 bits per heavy atom. The highest BCUT2D eigenvalue weighted by Gasteiger charge is 2.27. The Morgan fingerprint density at radius 1 is 1.24 bits per heavy atom. The number of aryl methyl sites for hydroxylation is 1. The highest BCUT2D eigenvalue weighted by atomic mass is 16.2. The standard InChI is InChI=1S/C17H24N2O2/c1-13-6-8-14(9-7-13)16(20)10-12-19-11-4-3-5-15(19)17(21)18-2/h6-9,15H,3-5,10-12H2,1-2H3,(H,18,21). The van der Waals surface area contributed by atoms with E-state index in [1.807, 2.05) is 31.2 Å². The van der Waals surface area contributed by atoms with E-state index in [2.05, 4.69) is 10.2 Å². The third-order valence-corrected chi connectivity index (χ3v) is 4.16. The molecular formula is C17H24N2O2. The molecule has 21 heavy (non-hydrogen) atoms. The van der Waals surface area contributed by atoms with E-state index in [1.54, 1.807) is 7.05 Å². The number of carbonyl (C=O) groups is 2. The van der Waals surface area contributed by atoms with Crippen LogP contribution in [0.1, 0.15) is 41.6 Å². The Kier molecular flexibility index (Phi) is 5.51. The van der Waals surface area contributed by atoms with Crippen molar-refractivity contribution in [1.29, 1.82) is 0 Å². The number of Topliss-reactive ketones (excluding diaryl/α,β-unsaturated/α-hetero) is 1. The zero-order valence-corrected chi connectivity index (χ0v) is 12.9. The summed E-state index contributed by atoms with van der Waals surface area (Å²) >= 11 is 0. The van der Waals surface area contributed by atoms with Crippen LogP contribution < -0.4 is 5.32 Å². The molecule has 1 aliphatic heterocycles. The maximum absolute atomic E-state index is 12.2. The highest BCUT2D eigenvalue weighted by Crippen LogP contribution is 2.18. The molecular weight excluding hydrogens is 264 g/mol. The van der Waals surface area contributed by atoms with Gasteiger partial charge in [-0.1, -0.05) is 36.2 Å². The second kappa shape index (κ2) is 7.36. The van der Waals surface area contributed by atoms with Crippen molar-refractivity contribution in [2.24, 2.45) is 0 Å². The first-order chi connectivity index (χ1) is 10.1. The summed E-state index contributed by atoms with van der Waals surface area (Å²) in [6.07, 6.45) is 3.54. The Bertz CT molecular complexity index is 496. The third kappa shape index (κ3) is 4.14. The fourth-order valence-corrected chi connectivity index (χ4v) is 2.85. The Morgan fingerprint density at radius 2 is 1.95 bits per heavy atom. The lowest BCUT2D eigenvalue weighted by Crippen LogP contribution is -2.49. The zero-order chi connectivity index (χ0) is 15.2. The molecule has 1 atom stereocenters. The molecule has 1 aromatic rings. The Hall–Kier alpha value is -1.68. The van der Waals surface area contributed by atoms with Crippen molar-refractivity contribution in [3.8, 4) is 0 Å². The molecule has 4 heteroatoms. The first kappa shape index (κ1) is 15.7.